The summed E-state index contributed by atoms with van der Waals surface area (Å²) in [6.07, 6.45) is 10.7. The van der Waals surface area contributed by atoms with Crippen molar-refractivity contribution < 1.29 is 13.7 Å². The Kier molecular flexibility index (Phi) is 14.0. The molecule has 0 atom stereocenters. The van der Waals surface area contributed by atoms with Gasteiger partial charge in [0.05, 0.1) is 0 Å². The van der Waals surface area contributed by atoms with Gasteiger partial charge in [-0.15, -0.1) is 0 Å². The second-order valence-corrected chi connectivity index (χ2v) is 31.8. The van der Waals surface area contributed by atoms with E-state index in [4.69, 9.17) is 33.4 Å². The molecule has 21 heavy (non-hydrogen) atoms. The van der Waals surface area contributed by atoms with E-state index in [1.165, 1.54) is 61.0 Å². The standard InChI is InChI=1S/2C8H17.Mo.PS2.S/c2*1-4-5-6-7-8(2)3;;2-1-3;/h2*8H,1,4-7H2,2-3H3;;;. The van der Waals surface area contributed by atoms with E-state index in [0.29, 0.717) is 0 Å². The summed E-state index contributed by atoms with van der Waals surface area (Å²) < 4.78 is -0.641. The first-order valence-corrected chi connectivity index (χ1v) is 20.0. The van der Waals surface area contributed by atoms with Gasteiger partial charge in [-0.05, 0) is 0 Å². The Morgan fingerprint density at radius 1 is 0.714 bits per heavy atom. The van der Waals surface area contributed by atoms with E-state index in [2.05, 4.69) is 27.7 Å². The Hall–Kier alpha value is 1.65. The second-order valence-electron chi connectivity index (χ2n) is 6.89. The Bertz CT molecular complexity index is 346. The zero-order chi connectivity index (χ0) is 16.3. The van der Waals surface area contributed by atoms with E-state index >= 15 is 0 Å². The van der Waals surface area contributed by atoms with Gasteiger partial charge < -0.3 is 0 Å². The fourth-order valence-corrected chi connectivity index (χ4v) is 16.8. The third-order valence-electron chi connectivity index (χ3n) is 3.76. The van der Waals surface area contributed by atoms with Gasteiger partial charge in [0.1, 0.15) is 0 Å². The number of hydrogen-bond donors (Lipinski definition) is 0. The molecule has 0 unspecified atom stereocenters. The Balaban J connectivity index is 3.99. The van der Waals surface area contributed by atoms with Gasteiger partial charge in [0.2, 0.25) is 0 Å². The van der Waals surface area contributed by atoms with Crippen molar-refractivity contribution in [2.24, 2.45) is 11.8 Å². The summed E-state index contributed by atoms with van der Waals surface area (Å²) in [7, 11) is 6.04. The Labute approximate surface area is 150 Å². The van der Waals surface area contributed by atoms with Crippen LogP contribution < -0.4 is 0 Å². The molecule has 0 fully saturated rings. The normalized spacial score (nSPS) is 12.3. The predicted molar refractivity (Wildman–Crippen MR) is 105 cm³/mol. The zero-order valence-electron chi connectivity index (χ0n) is 14.3. The van der Waals surface area contributed by atoms with Crippen molar-refractivity contribution in [3.05, 3.63) is 0 Å². The summed E-state index contributed by atoms with van der Waals surface area (Å²) in [6.45, 7) is 9.22. The maximum absolute atomic E-state index is 6.04. The number of unbranched alkanes of at least 4 members (excludes halogenated alkanes) is 4. The van der Waals surface area contributed by atoms with Gasteiger partial charge in [0, 0.05) is 0 Å². The molecule has 127 valence electrons. The molecule has 0 amide bonds. The molecule has 5 heteroatoms. The summed E-state index contributed by atoms with van der Waals surface area (Å²) in [5.41, 5.74) is 0. The van der Waals surface area contributed by atoms with Crippen molar-refractivity contribution >= 4 is 37.0 Å². The molecule has 0 aromatic heterocycles. The van der Waals surface area contributed by atoms with E-state index in [-0.39, 0.29) is 0 Å². The van der Waals surface area contributed by atoms with Gasteiger partial charge in [-0.25, -0.2) is 0 Å². The van der Waals surface area contributed by atoms with Gasteiger partial charge in [-0.1, -0.05) is 0 Å². The van der Waals surface area contributed by atoms with Crippen molar-refractivity contribution in [2.45, 2.75) is 88.7 Å². The van der Waals surface area contributed by atoms with E-state index in [9.17, 15) is 0 Å². The van der Waals surface area contributed by atoms with Crippen LogP contribution in [0.25, 0.3) is 0 Å². The molecule has 0 radical (unpaired) electrons. The molecule has 0 aliphatic carbocycles. The topological polar surface area (TPSA) is 0 Å². The average molecular weight is 450 g/mol. The number of hydrogen-bond acceptors (Lipinski definition) is 3. The first kappa shape index (κ1) is 22.6. The predicted octanol–water partition coefficient (Wildman–Crippen LogP) is 7.84. The molecule has 0 aromatic carbocycles. The molecule has 0 saturated heterocycles. The molecule has 0 N–H and O–H groups in total. The molecule has 0 aliphatic rings. The monoisotopic (exact) mass is 451 g/mol. The van der Waals surface area contributed by atoms with Crippen molar-refractivity contribution in [3.63, 3.8) is 0 Å². The third-order valence-corrected chi connectivity index (χ3v) is 33.1. The molecule has 0 aliphatic heterocycles. The van der Waals surface area contributed by atoms with Crippen LogP contribution in [0, 0.1) is 11.8 Å². The molecule has 0 spiro atoms. The van der Waals surface area contributed by atoms with E-state index in [0.717, 1.165) is 11.8 Å². The number of rotatable bonds is 13. The Morgan fingerprint density at radius 2 is 1.10 bits per heavy atom. The first-order valence-electron chi connectivity index (χ1n) is 8.42. The summed E-state index contributed by atoms with van der Waals surface area (Å²) >= 11 is 8.75. The van der Waals surface area contributed by atoms with Gasteiger partial charge in [0.15, 0.2) is 0 Å². The van der Waals surface area contributed by atoms with Crippen LogP contribution in [-0.2, 0) is 37.3 Å². The molecular weight excluding hydrogens is 415 g/mol. The first-order chi connectivity index (χ1) is 9.78. The Morgan fingerprint density at radius 3 is 1.38 bits per heavy atom. The van der Waals surface area contributed by atoms with Crippen LogP contribution in [0.2, 0.25) is 9.62 Å². The summed E-state index contributed by atoms with van der Waals surface area (Å²) in [4.78, 5) is 2.53. The van der Waals surface area contributed by atoms with Crippen LogP contribution in [0.5, 0.6) is 0 Å². The fraction of sp³-hybridized carbons (Fsp3) is 1.00. The second kappa shape index (κ2) is 13.0. The van der Waals surface area contributed by atoms with Gasteiger partial charge in [-0.3, -0.25) is 0 Å². The SMILES string of the molecule is CC(C)CCCC[CH2][Mo](=[S])([CH2]CCCCC(C)C)[P](=S)=S. The molecule has 0 rings (SSSR count). The summed E-state index contributed by atoms with van der Waals surface area (Å²) in [6, 6.07) is 0. The van der Waals surface area contributed by atoms with Crippen LogP contribution in [0.15, 0.2) is 0 Å². The molecular formula is C16H34MoPS3. The zero-order valence-corrected chi connectivity index (χ0v) is 19.7. The molecule has 0 heterocycles. The van der Waals surface area contributed by atoms with E-state index < -0.39 is 17.3 Å². The van der Waals surface area contributed by atoms with Crippen LogP contribution >= 0.6 is 13.4 Å². The van der Waals surface area contributed by atoms with Crippen molar-refractivity contribution in [2.75, 3.05) is 0 Å². The van der Waals surface area contributed by atoms with Crippen molar-refractivity contribution in [1.82, 2.24) is 0 Å². The molecule has 0 nitrogen and oxygen atoms in total. The maximum atomic E-state index is 6.04. The van der Waals surface area contributed by atoms with E-state index in [1.54, 1.807) is 0 Å². The molecule has 0 aromatic rings. The van der Waals surface area contributed by atoms with Gasteiger partial charge in [0.25, 0.3) is 0 Å². The van der Waals surface area contributed by atoms with Crippen LogP contribution in [0.1, 0.15) is 79.1 Å². The van der Waals surface area contributed by atoms with Crippen LogP contribution in [0.3, 0.4) is 0 Å². The van der Waals surface area contributed by atoms with Crippen LogP contribution in [0.4, 0.5) is 0 Å². The summed E-state index contributed by atoms with van der Waals surface area (Å²) in [5, 5.41) is 0. The molecule has 0 bridgehead atoms. The fourth-order valence-electron chi connectivity index (χ4n) is 2.37. The third kappa shape index (κ3) is 12.7. The van der Waals surface area contributed by atoms with Crippen LogP contribution in [-0.4, -0.2) is 0 Å². The summed E-state index contributed by atoms with van der Waals surface area (Å²) in [5.74, 6) is 1.66. The van der Waals surface area contributed by atoms with Crippen molar-refractivity contribution in [3.8, 4) is 0 Å². The minimum atomic E-state index is -2.28. The van der Waals surface area contributed by atoms with Crippen molar-refractivity contribution in [1.29, 1.82) is 0 Å². The van der Waals surface area contributed by atoms with E-state index in [1.807, 2.05) is 0 Å². The quantitative estimate of drug-likeness (QED) is 0.160. The van der Waals surface area contributed by atoms with Gasteiger partial charge in [-0.2, -0.15) is 0 Å². The van der Waals surface area contributed by atoms with Gasteiger partial charge >= 0.3 is 151 Å². The molecule has 0 saturated carbocycles. The average Bonchev–Trinajstić information content (AvgIpc) is 2.37. The minimum absolute atomic E-state index is 0.641.